The third-order valence-electron chi connectivity index (χ3n) is 3.23. The van der Waals surface area contributed by atoms with Crippen molar-refractivity contribution in [3.05, 3.63) is 58.9 Å². The van der Waals surface area contributed by atoms with E-state index in [-0.39, 0.29) is 16.9 Å². The normalized spacial score (nSPS) is 16.8. The Labute approximate surface area is 127 Å². The summed E-state index contributed by atoms with van der Waals surface area (Å²) in [7, 11) is 0. The van der Waals surface area contributed by atoms with Gasteiger partial charge < -0.3 is 14.8 Å². The predicted octanol–water partition coefficient (Wildman–Crippen LogP) is 3.87. The summed E-state index contributed by atoms with van der Waals surface area (Å²) < 4.78 is 24.7. The lowest BCUT2D eigenvalue weighted by molar-refractivity contribution is 0.0442. The Hall–Kier alpha value is -1.78. The zero-order valence-electron chi connectivity index (χ0n) is 11.3. The van der Waals surface area contributed by atoms with Gasteiger partial charge in [0.1, 0.15) is 11.9 Å². The average Bonchev–Trinajstić information content (AvgIpc) is 2.49. The van der Waals surface area contributed by atoms with Crippen LogP contribution < -0.4 is 10.1 Å². The maximum Gasteiger partial charge on any atom is 0.161 e. The van der Waals surface area contributed by atoms with Crippen LogP contribution in [0.4, 0.5) is 10.1 Å². The quantitative estimate of drug-likeness (QED) is 0.930. The standard InChI is InChI=1S/C16H15ClFNO2/c17-14-6-12(18)7-15-16(14)21-13(8-19-15)10-20-9-11-4-2-1-3-5-11/h1-7,13,19H,8-10H2. The minimum atomic E-state index is -0.381. The van der Waals surface area contributed by atoms with Crippen LogP contribution in [0.2, 0.25) is 5.02 Å². The van der Waals surface area contributed by atoms with Gasteiger partial charge in [-0.15, -0.1) is 0 Å². The van der Waals surface area contributed by atoms with Crippen LogP contribution >= 0.6 is 11.6 Å². The Balaban J connectivity index is 1.57. The molecule has 0 fully saturated rings. The molecule has 0 aliphatic carbocycles. The van der Waals surface area contributed by atoms with Gasteiger partial charge in [-0.2, -0.15) is 0 Å². The number of hydrogen-bond acceptors (Lipinski definition) is 3. The van der Waals surface area contributed by atoms with E-state index in [1.165, 1.54) is 12.1 Å². The summed E-state index contributed by atoms with van der Waals surface area (Å²) in [6.07, 6.45) is -0.149. The SMILES string of the molecule is Fc1cc(Cl)c2c(c1)NCC(COCc1ccccc1)O2. The molecule has 3 rings (SSSR count). The molecular formula is C16H15ClFNO2. The number of benzene rings is 2. The first-order valence-corrected chi connectivity index (χ1v) is 7.11. The van der Waals surface area contributed by atoms with Gasteiger partial charge >= 0.3 is 0 Å². The van der Waals surface area contributed by atoms with Gasteiger partial charge in [-0.05, 0) is 11.6 Å². The highest BCUT2D eigenvalue weighted by atomic mass is 35.5. The van der Waals surface area contributed by atoms with E-state index in [1.807, 2.05) is 30.3 Å². The van der Waals surface area contributed by atoms with Crippen LogP contribution in [0.15, 0.2) is 42.5 Å². The topological polar surface area (TPSA) is 30.5 Å². The number of rotatable bonds is 4. The van der Waals surface area contributed by atoms with Crippen molar-refractivity contribution < 1.29 is 13.9 Å². The van der Waals surface area contributed by atoms with E-state index >= 15 is 0 Å². The third-order valence-corrected chi connectivity index (χ3v) is 3.51. The molecule has 1 aliphatic rings. The van der Waals surface area contributed by atoms with Crippen molar-refractivity contribution >= 4 is 17.3 Å². The summed E-state index contributed by atoms with van der Waals surface area (Å²) in [6.45, 7) is 1.53. The maximum atomic E-state index is 13.2. The number of nitrogens with one attached hydrogen (secondary N) is 1. The fraction of sp³-hybridized carbons (Fsp3) is 0.250. The Morgan fingerprint density at radius 1 is 1.29 bits per heavy atom. The van der Waals surface area contributed by atoms with E-state index in [0.29, 0.717) is 31.2 Å². The smallest absolute Gasteiger partial charge is 0.161 e. The Kier molecular flexibility index (Phi) is 4.27. The summed E-state index contributed by atoms with van der Waals surface area (Å²) >= 11 is 6.00. The number of fused-ring (bicyclic) bond motifs is 1. The molecule has 0 amide bonds. The van der Waals surface area contributed by atoms with Crippen molar-refractivity contribution in [2.24, 2.45) is 0 Å². The second-order valence-corrected chi connectivity index (χ2v) is 5.29. The van der Waals surface area contributed by atoms with E-state index in [2.05, 4.69) is 5.32 Å². The second kappa shape index (κ2) is 6.33. The molecule has 1 atom stereocenters. The first-order chi connectivity index (χ1) is 10.2. The number of halogens is 2. The molecule has 2 aromatic carbocycles. The number of hydrogen-bond donors (Lipinski definition) is 1. The fourth-order valence-corrected chi connectivity index (χ4v) is 2.47. The highest BCUT2D eigenvalue weighted by Gasteiger charge is 2.22. The van der Waals surface area contributed by atoms with E-state index in [1.54, 1.807) is 0 Å². The van der Waals surface area contributed by atoms with Gasteiger partial charge in [0.25, 0.3) is 0 Å². The molecule has 110 valence electrons. The van der Waals surface area contributed by atoms with Crippen LogP contribution in [-0.2, 0) is 11.3 Å². The summed E-state index contributed by atoms with van der Waals surface area (Å²) in [4.78, 5) is 0. The fourth-order valence-electron chi connectivity index (χ4n) is 2.22. The van der Waals surface area contributed by atoms with Crippen LogP contribution in [0.25, 0.3) is 0 Å². The number of ether oxygens (including phenoxy) is 2. The zero-order valence-corrected chi connectivity index (χ0v) is 12.1. The Morgan fingerprint density at radius 2 is 2.10 bits per heavy atom. The summed E-state index contributed by atoms with van der Waals surface area (Å²) in [5.41, 5.74) is 1.70. The second-order valence-electron chi connectivity index (χ2n) is 4.89. The van der Waals surface area contributed by atoms with Gasteiger partial charge in [0.2, 0.25) is 0 Å². The molecule has 3 nitrogen and oxygen atoms in total. The first-order valence-electron chi connectivity index (χ1n) is 6.73. The van der Waals surface area contributed by atoms with Crippen molar-refractivity contribution in [1.29, 1.82) is 0 Å². The van der Waals surface area contributed by atoms with Crippen molar-refractivity contribution in [3.63, 3.8) is 0 Å². The summed E-state index contributed by atoms with van der Waals surface area (Å²) in [5.74, 6) is 0.103. The maximum absolute atomic E-state index is 13.2. The highest BCUT2D eigenvalue weighted by Crippen LogP contribution is 2.37. The van der Waals surface area contributed by atoms with Crippen LogP contribution in [0.3, 0.4) is 0 Å². The van der Waals surface area contributed by atoms with Crippen molar-refractivity contribution in [3.8, 4) is 5.75 Å². The molecule has 0 aromatic heterocycles. The minimum absolute atomic E-state index is 0.149. The lowest BCUT2D eigenvalue weighted by atomic mass is 10.2. The largest absolute Gasteiger partial charge is 0.482 e. The van der Waals surface area contributed by atoms with E-state index in [0.717, 1.165) is 5.56 Å². The summed E-state index contributed by atoms with van der Waals surface area (Å²) in [6, 6.07) is 12.6. The molecule has 1 heterocycles. The molecule has 0 saturated heterocycles. The lowest BCUT2D eigenvalue weighted by Gasteiger charge is -2.28. The molecule has 21 heavy (non-hydrogen) atoms. The molecule has 1 N–H and O–H groups in total. The van der Waals surface area contributed by atoms with Gasteiger partial charge in [0.05, 0.1) is 30.5 Å². The minimum Gasteiger partial charge on any atom is -0.482 e. The predicted molar refractivity (Wildman–Crippen MR) is 80.4 cm³/mol. The summed E-state index contributed by atoms with van der Waals surface area (Å²) in [5, 5.41) is 3.38. The Morgan fingerprint density at radius 3 is 2.90 bits per heavy atom. The van der Waals surface area contributed by atoms with E-state index in [9.17, 15) is 4.39 Å². The molecule has 2 aromatic rings. The van der Waals surface area contributed by atoms with Crippen LogP contribution in [0.1, 0.15) is 5.56 Å². The molecule has 5 heteroatoms. The van der Waals surface area contributed by atoms with Crippen LogP contribution in [0, 0.1) is 5.82 Å². The molecule has 1 aliphatic heterocycles. The molecule has 1 unspecified atom stereocenters. The molecule has 0 bridgehead atoms. The third kappa shape index (κ3) is 3.46. The van der Waals surface area contributed by atoms with Gasteiger partial charge in [-0.25, -0.2) is 4.39 Å². The molecule has 0 radical (unpaired) electrons. The van der Waals surface area contributed by atoms with Gasteiger partial charge in [-0.1, -0.05) is 41.9 Å². The van der Waals surface area contributed by atoms with E-state index < -0.39 is 0 Å². The van der Waals surface area contributed by atoms with Gasteiger partial charge in [-0.3, -0.25) is 0 Å². The van der Waals surface area contributed by atoms with Gasteiger partial charge in [0, 0.05) is 6.07 Å². The first kappa shape index (κ1) is 14.2. The van der Waals surface area contributed by atoms with Crippen molar-refractivity contribution in [2.45, 2.75) is 12.7 Å². The molecule has 0 saturated carbocycles. The molecular weight excluding hydrogens is 293 g/mol. The van der Waals surface area contributed by atoms with Crippen LogP contribution in [0.5, 0.6) is 5.75 Å². The van der Waals surface area contributed by atoms with E-state index in [4.69, 9.17) is 21.1 Å². The van der Waals surface area contributed by atoms with Crippen molar-refractivity contribution in [1.82, 2.24) is 0 Å². The van der Waals surface area contributed by atoms with Gasteiger partial charge in [0.15, 0.2) is 5.75 Å². The lowest BCUT2D eigenvalue weighted by Crippen LogP contribution is -2.34. The van der Waals surface area contributed by atoms with Crippen molar-refractivity contribution in [2.75, 3.05) is 18.5 Å². The molecule has 0 spiro atoms. The highest BCUT2D eigenvalue weighted by molar-refractivity contribution is 6.32. The monoisotopic (exact) mass is 307 g/mol. The average molecular weight is 308 g/mol. The zero-order chi connectivity index (χ0) is 14.7. The Bertz CT molecular complexity index is 621. The number of anilines is 1. The van der Waals surface area contributed by atoms with Crippen LogP contribution in [-0.4, -0.2) is 19.3 Å².